The molecule has 0 spiro atoms. The predicted octanol–water partition coefficient (Wildman–Crippen LogP) is 2.09. The lowest BCUT2D eigenvalue weighted by molar-refractivity contribution is -0.133. The maximum atomic E-state index is 12.2. The summed E-state index contributed by atoms with van der Waals surface area (Å²) in [7, 11) is 0. The third kappa shape index (κ3) is 4.11. The van der Waals surface area contributed by atoms with E-state index in [4.69, 9.17) is 4.74 Å². The van der Waals surface area contributed by atoms with Crippen LogP contribution in [-0.4, -0.2) is 43.1 Å². The lowest BCUT2D eigenvalue weighted by atomic mass is 9.93. The van der Waals surface area contributed by atoms with Crippen molar-refractivity contribution in [2.75, 3.05) is 26.2 Å². The number of rotatable bonds is 4. The van der Waals surface area contributed by atoms with Gasteiger partial charge in [0.05, 0.1) is 13.0 Å². The van der Waals surface area contributed by atoms with Crippen LogP contribution in [0.2, 0.25) is 0 Å². The average molecular weight is 311 g/mol. The van der Waals surface area contributed by atoms with Crippen LogP contribution >= 0.6 is 12.4 Å². The largest absolute Gasteiger partial charge is 0.493 e. The molecule has 0 saturated carbocycles. The summed E-state index contributed by atoms with van der Waals surface area (Å²) in [6, 6.07) is 10.3. The van der Waals surface area contributed by atoms with Gasteiger partial charge in [-0.3, -0.25) is 4.79 Å². The van der Waals surface area contributed by atoms with Crippen molar-refractivity contribution in [3.8, 4) is 5.75 Å². The molecule has 3 rings (SSSR count). The van der Waals surface area contributed by atoms with Crippen molar-refractivity contribution in [1.29, 1.82) is 0 Å². The molecule has 1 amide bonds. The number of likely N-dealkylation sites (tertiary alicyclic amines) is 1. The first kappa shape index (κ1) is 16.1. The number of nitrogens with zero attached hydrogens (tertiary/aromatic N) is 1. The Morgan fingerprint density at radius 3 is 2.90 bits per heavy atom. The molecule has 0 radical (unpaired) electrons. The second-order valence-corrected chi connectivity index (χ2v) is 5.65. The Bertz CT molecular complexity index is 455. The Labute approximate surface area is 132 Å². The number of halogens is 1. The van der Waals surface area contributed by atoms with Gasteiger partial charge in [0, 0.05) is 19.1 Å². The molecule has 1 N–H and O–H groups in total. The molecule has 2 saturated heterocycles. The van der Waals surface area contributed by atoms with Gasteiger partial charge >= 0.3 is 0 Å². The van der Waals surface area contributed by atoms with E-state index in [2.05, 4.69) is 5.32 Å². The Balaban J connectivity index is 0.00000161. The number of carbonyl (C=O) groups excluding carboxylic acids is 1. The van der Waals surface area contributed by atoms with Crippen LogP contribution in [0.1, 0.15) is 19.3 Å². The summed E-state index contributed by atoms with van der Waals surface area (Å²) in [5.41, 5.74) is 0. The fraction of sp³-hybridized carbons (Fsp3) is 0.562. The second kappa shape index (κ2) is 7.66. The van der Waals surface area contributed by atoms with E-state index in [1.54, 1.807) is 0 Å². The van der Waals surface area contributed by atoms with Crippen molar-refractivity contribution in [1.82, 2.24) is 10.2 Å². The monoisotopic (exact) mass is 310 g/mol. The van der Waals surface area contributed by atoms with Gasteiger partial charge in [-0.05, 0) is 37.4 Å². The molecule has 1 aromatic rings. The molecule has 1 aromatic carbocycles. The fourth-order valence-corrected chi connectivity index (χ4v) is 3.21. The highest BCUT2D eigenvalue weighted by atomic mass is 35.5. The van der Waals surface area contributed by atoms with Gasteiger partial charge in [0.15, 0.2) is 0 Å². The van der Waals surface area contributed by atoms with Gasteiger partial charge in [-0.2, -0.15) is 0 Å². The molecule has 2 heterocycles. The first-order valence-corrected chi connectivity index (χ1v) is 7.52. The van der Waals surface area contributed by atoms with E-state index in [9.17, 15) is 4.79 Å². The summed E-state index contributed by atoms with van der Waals surface area (Å²) in [5.74, 6) is 1.72. The first-order valence-electron chi connectivity index (χ1n) is 7.52. The number of fused-ring (bicyclic) bond motifs is 1. The van der Waals surface area contributed by atoms with Crippen LogP contribution in [0.5, 0.6) is 5.75 Å². The molecule has 0 bridgehead atoms. The molecule has 4 nitrogen and oxygen atoms in total. The Morgan fingerprint density at radius 2 is 2.10 bits per heavy atom. The van der Waals surface area contributed by atoms with Gasteiger partial charge in [0.1, 0.15) is 5.75 Å². The van der Waals surface area contributed by atoms with Crippen molar-refractivity contribution < 1.29 is 9.53 Å². The van der Waals surface area contributed by atoms with E-state index < -0.39 is 0 Å². The smallest absolute Gasteiger partial charge is 0.226 e. The van der Waals surface area contributed by atoms with Crippen molar-refractivity contribution in [3.63, 3.8) is 0 Å². The zero-order valence-electron chi connectivity index (χ0n) is 12.2. The molecule has 21 heavy (non-hydrogen) atoms. The fourth-order valence-electron chi connectivity index (χ4n) is 3.21. The lowest BCUT2D eigenvalue weighted by Gasteiger charge is -2.34. The molecule has 5 heteroatoms. The van der Waals surface area contributed by atoms with E-state index in [0.29, 0.717) is 25.0 Å². The minimum Gasteiger partial charge on any atom is -0.493 e. The van der Waals surface area contributed by atoms with Crippen molar-refractivity contribution in [3.05, 3.63) is 30.3 Å². The van der Waals surface area contributed by atoms with E-state index in [-0.39, 0.29) is 18.3 Å². The highest BCUT2D eigenvalue weighted by molar-refractivity contribution is 5.85. The quantitative estimate of drug-likeness (QED) is 0.926. The zero-order valence-corrected chi connectivity index (χ0v) is 13.0. The van der Waals surface area contributed by atoms with Crippen LogP contribution in [-0.2, 0) is 4.79 Å². The molecule has 2 aliphatic rings. The molecule has 2 aliphatic heterocycles. The predicted molar refractivity (Wildman–Crippen MR) is 84.9 cm³/mol. The number of amides is 1. The molecule has 116 valence electrons. The Morgan fingerprint density at radius 1 is 1.29 bits per heavy atom. The number of piperidine rings is 1. The Kier molecular flexibility index (Phi) is 5.88. The van der Waals surface area contributed by atoms with Gasteiger partial charge in [-0.25, -0.2) is 0 Å². The average Bonchev–Trinajstić information content (AvgIpc) is 2.95. The second-order valence-electron chi connectivity index (χ2n) is 5.65. The summed E-state index contributed by atoms with van der Waals surface area (Å²) in [6.07, 6.45) is 2.77. The SMILES string of the molecule is Cl.O=C(CCOc1ccccc1)N1CCC2NCCC2C1. The van der Waals surface area contributed by atoms with Gasteiger partial charge in [-0.1, -0.05) is 18.2 Å². The maximum Gasteiger partial charge on any atom is 0.226 e. The maximum absolute atomic E-state index is 12.2. The van der Waals surface area contributed by atoms with Crippen molar-refractivity contribution in [2.24, 2.45) is 5.92 Å². The number of benzene rings is 1. The number of nitrogens with one attached hydrogen (secondary N) is 1. The molecule has 2 fully saturated rings. The van der Waals surface area contributed by atoms with Crippen LogP contribution < -0.4 is 10.1 Å². The molecule has 0 aliphatic carbocycles. The first-order chi connectivity index (χ1) is 9.83. The van der Waals surface area contributed by atoms with Gasteiger partial charge in [0.25, 0.3) is 0 Å². The summed E-state index contributed by atoms with van der Waals surface area (Å²) in [5, 5.41) is 3.52. The van der Waals surface area contributed by atoms with E-state index >= 15 is 0 Å². The van der Waals surface area contributed by atoms with E-state index in [1.807, 2.05) is 35.2 Å². The molecule has 0 aromatic heterocycles. The van der Waals surface area contributed by atoms with Crippen LogP contribution in [0.4, 0.5) is 0 Å². The zero-order chi connectivity index (χ0) is 13.8. The highest BCUT2D eigenvalue weighted by Crippen LogP contribution is 2.24. The molecule has 2 unspecified atom stereocenters. The summed E-state index contributed by atoms with van der Waals surface area (Å²) >= 11 is 0. The van der Waals surface area contributed by atoms with Crippen LogP contribution in [0.25, 0.3) is 0 Å². The number of hydrogen-bond donors (Lipinski definition) is 1. The number of carbonyl (C=O) groups is 1. The standard InChI is InChI=1S/C16H22N2O2.ClH/c19-16(8-11-20-14-4-2-1-3-5-14)18-10-7-15-13(12-18)6-9-17-15;/h1-5,13,15,17H,6-12H2;1H. The van der Waals surface area contributed by atoms with Gasteiger partial charge < -0.3 is 15.0 Å². The van der Waals surface area contributed by atoms with Crippen molar-refractivity contribution in [2.45, 2.75) is 25.3 Å². The van der Waals surface area contributed by atoms with Crippen LogP contribution in [0.3, 0.4) is 0 Å². The Hall–Kier alpha value is -1.26. The van der Waals surface area contributed by atoms with E-state index in [1.165, 1.54) is 6.42 Å². The summed E-state index contributed by atoms with van der Waals surface area (Å²) in [4.78, 5) is 14.2. The van der Waals surface area contributed by atoms with Crippen molar-refractivity contribution >= 4 is 18.3 Å². The van der Waals surface area contributed by atoms with Crippen LogP contribution in [0, 0.1) is 5.92 Å². The minimum atomic E-state index is 0. The molecule has 2 atom stereocenters. The molecular formula is C16H23ClN2O2. The number of hydrogen-bond acceptors (Lipinski definition) is 3. The topological polar surface area (TPSA) is 41.6 Å². The van der Waals surface area contributed by atoms with Gasteiger partial charge in [-0.15, -0.1) is 12.4 Å². The van der Waals surface area contributed by atoms with Gasteiger partial charge in [0.2, 0.25) is 5.91 Å². The lowest BCUT2D eigenvalue weighted by Crippen LogP contribution is -2.47. The highest BCUT2D eigenvalue weighted by Gasteiger charge is 2.33. The normalized spacial score (nSPS) is 24.1. The summed E-state index contributed by atoms with van der Waals surface area (Å²) < 4.78 is 5.59. The minimum absolute atomic E-state index is 0. The third-order valence-corrected chi connectivity index (χ3v) is 4.34. The third-order valence-electron chi connectivity index (χ3n) is 4.34. The summed E-state index contributed by atoms with van der Waals surface area (Å²) in [6.45, 7) is 3.38. The number of para-hydroxylation sites is 1. The van der Waals surface area contributed by atoms with Crippen LogP contribution in [0.15, 0.2) is 30.3 Å². The molecular weight excluding hydrogens is 288 g/mol. The van der Waals surface area contributed by atoms with E-state index in [0.717, 1.165) is 31.8 Å². The number of ether oxygens (including phenoxy) is 1.